The van der Waals surface area contributed by atoms with Crippen molar-refractivity contribution in [2.75, 3.05) is 17.2 Å². The van der Waals surface area contributed by atoms with Gasteiger partial charge in [0, 0.05) is 12.6 Å². The van der Waals surface area contributed by atoms with E-state index < -0.39 is 0 Å². The summed E-state index contributed by atoms with van der Waals surface area (Å²) in [5.41, 5.74) is 5.61. The van der Waals surface area contributed by atoms with Crippen LogP contribution in [0.1, 0.15) is 46.0 Å². The molecule has 1 aliphatic carbocycles. The molecule has 0 aliphatic heterocycles. The van der Waals surface area contributed by atoms with E-state index >= 15 is 0 Å². The number of nitrogens with zero attached hydrogens (tertiary/aromatic N) is 3. The monoisotopic (exact) mass is 248 g/mol. The SMILES string of the molecule is CC(C)CCN(c1cnc(N)cn1)C1CCCC1. The normalized spacial score (nSPS) is 16.4. The number of nitrogen functional groups attached to an aromatic ring is 1. The molecule has 1 saturated carbocycles. The van der Waals surface area contributed by atoms with E-state index in [4.69, 9.17) is 5.73 Å². The van der Waals surface area contributed by atoms with Crippen LogP contribution in [0.3, 0.4) is 0 Å². The number of nitrogens with two attached hydrogens (primary N) is 1. The van der Waals surface area contributed by atoms with Gasteiger partial charge >= 0.3 is 0 Å². The first-order chi connectivity index (χ1) is 8.66. The summed E-state index contributed by atoms with van der Waals surface area (Å²) in [6.07, 6.45) is 9.91. The van der Waals surface area contributed by atoms with E-state index in [1.54, 1.807) is 6.20 Å². The molecule has 0 saturated heterocycles. The van der Waals surface area contributed by atoms with Crippen molar-refractivity contribution in [1.82, 2.24) is 9.97 Å². The lowest BCUT2D eigenvalue weighted by atomic mass is 10.1. The lowest BCUT2D eigenvalue weighted by molar-refractivity contribution is 0.524. The zero-order valence-electron chi connectivity index (χ0n) is 11.5. The van der Waals surface area contributed by atoms with Crippen molar-refractivity contribution < 1.29 is 0 Å². The van der Waals surface area contributed by atoms with E-state index in [2.05, 4.69) is 28.7 Å². The molecule has 4 heteroatoms. The van der Waals surface area contributed by atoms with Gasteiger partial charge in [0.2, 0.25) is 0 Å². The minimum atomic E-state index is 0.494. The number of rotatable bonds is 5. The van der Waals surface area contributed by atoms with Crippen molar-refractivity contribution in [2.24, 2.45) is 5.92 Å². The standard InChI is InChI=1S/C14H24N4/c1-11(2)7-8-18(12-5-3-4-6-12)14-10-16-13(15)9-17-14/h9-12H,3-8H2,1-2H3,(H2,15,16). The lowest BCUT2D eigenvalue weighted by Gasteiger charge is -2.30. The minimum absolute atomic E-state index is 0.494. The average Bonchev–Trinajstić information content (AvgIpc) is 2.85. The van der Waals surface area contributed by atoms with Crippen LogP contribution < -0.4 is 10.6 Å². The summed E-state index contributed by atoms with van der Waals surface area (Å²) in [6.45, 7) is 5.60. The maximum Gasteiger partial charge on any atom is 0.147 e. The molecule has 0 amide bonds. The van der Waals surface area contributed by atoms with Gasteiger partial charge in [-0.1, -0.05) is 26.7 Å². The van der Waals surface area contributed by atoms with E-state index in [9.17, 15) is 0 Å². The van der Waals surface area contributed by atoms with Crippen LogP contribution in [0, 0.1) is 5.92 Å². The van der Waals surface area contributed by atoms with Crippen LogP contribution in [0.25, 0.3) is 0 Å². The Kier molecular flexibility index (Phi) is 4.39. The molecule has 1 aliphatic rings. The smallest absolute Gasteiger partial charge is 0.147 e. The van der Waals surface area contributed by atoms with Crippen LogP contribution in [-0.4, -0.2) is 22.6 Å². The van der Waals surface area contributed by atoms with Crippen molar-refractivity contribution in [3.05, 3.63) is 12.4 Å². The van der Waals surface area contributed by atoms with Gasteiger partial charge in [-0.15, -0.1) is 0 Å². The molecule has 0 atom stereocenters. The highest BCUT2D eigenvalue weighted by molar-refractivity contribution is 5.40. The molecule has 1 aromatic heterocycles. The van der Waals surface area contributed by atoms with Gasteiger partial charge < -0.3 is 10.6 Å². The third-order valence-corrected chi connectivity index (χ3v) is 3.67. The Morgan fingerprint density at radius 3 is 2.56 bits per heavy atom. The summed E-state index contributed by atoms with van der Waals surface area (Å²) in [7, 11) is 0. The Hall–Kier alpha value is -1.32. The van der Waals surface area contributed by atoms with Gasteiger partial charge in [0.05, 0.1) is 12.4 Å². The van der Waals surface area contributed by atoms with E-state index in [-0.39, 0.29) is 0 Å². The number of hydrogen-bond acceptors (Lipinski definition) is 4. The number of anilines is 2. The van der Waals surface area contributed by atoms with Crippen LogP contribution in [-0.2, 0) is 0 Å². The Morgan fingerprint density at radius 2 is 2.00 bits per heavy atom. The molecule has 100 valence electrons. The molecular formula is C14H24N4. The Bertz CT molecular complexity index is 355. The van der Waals surface area contributed by atoms with Gasteiger partial charge in [0.25, 0.3) is 0 Å². The molecule has 0 spiro atoms. The quantitative estimate of drug-likeness (QED) is 0.870. The van der Waals surface area contributed by atoms with E-state index in [1.807, 2.05) is 6.20 Å². The van der Waals surface area contributed by atoms with Crippen LogP contribution in [0.5, 0.6) is 0 Å². The molecular weight excluding hydrogens is 224 g/mol. The van der Waals surface area contributed by atoms with E-state index in [0.717, 1.165) is 18.3 Å². The maximum atomic E-state index is 5.61. The number of aromatic nitrogens is 2. The van der Waals surface area contributed by atoms with Crippen molar-refractivity contribution in [3.8, 4) is 0 Å². The third-order valence-electron chi connectivity index (χ3n) is 3.67. The fraction of sp³-hybridized carbons (Fsp3) is 0.714. The van der Waals surface area contributed by atoms with Crippen molar-refractivity contribution in [3.63, 3.8) is 0 Å². The molecule has 2 N–H and O–H groups in total. The zero-order chi connectivity index (χ0) is 13.0. The first-order valence-corrected chi connectivity index (χ1v) is 7.01. The van der Waals surface area contributed by atoms with Crippen LogP contribution in [0.4, 0.5) is 11.6 Å². The predicted octanol–water partition coefficient (Wildman–Crippen LogP) is 2.85. The average molecular weight is 248 g/mol. The topological polar surface area (TPSA) is 55.0 Å². The maximum absolute atomic E-state index is 5.61. The predicted molar refractivity (Wildman–Crippen MR) is 75.5 cm³/mol. The molecule has 0 bridgehead atoms. The second-order valence-corrected chi connectivity index (χ2v) is 5.61. The molecule has 4 nitrogen and oxygen atoms in total. The summed E-state index contributed by atoms with van der Waals surface area (Å²) < 4.78 is 0. The summed E-state index contributed by atoms with van der Waals surface area (Å²) in [5, 5.41) is 0. The fourth-order valence-electron chi connectivity index (χ4n) is 2.58. The van der Waals surface area contributed by atoms with E-state index in [0.29, 0.717) is 11.9 Å². The van der Waals surface area contributed by atoms with Gasteiger partial charge in [0.1, 0.15) is 11.6 Å². The van der Waals surface area contributed by atoms with Crippen molar-refractivity contribution in [1.29, 1.82) is 0 Å². The fourth-order valence-corrected chi connectivity index (χ4v) is 2.58. The Morgan fingerprint density at radius 1 is 1.28 bits per heavy atom. The highest BCUT2D eigenvalue weighted by Crippen LogP contribution is 2.27. The van der Waals surface area contributed by atoms with Gasteiger partial charge in [-0.25, -0.2) is 9.97 Å². The molecule has 0 aromatic carbocycles. The van der Waals surface area contributed by atoms with Crippen molar-refractivity contribution in [2.45, 2.75) is 52.0 Å². The molecule has 18 heavy (non-hydrogen) atoms. The largest absolute Gasteiger partial charge is 0.382 e. The van der Waals surface area contributed by atoms with Crippen LogP contribution in [0.15, 0.2) is 12.4 Å². The highest BCUT2D eigenvalue weighted by atomic mass is 15.2. The molecule has 2 rings (SSSR count). The molecule has 1 aromatic rings. The summed E-state index contributed by atoms with van der Waals surface area (Å²) in [4.78, 5) is 11.0. The third kappa shape index (κ3) is 3.34. The zero-order valence-corrected chi connectivity index (χ0v) is 11.5. The Labute approximate surface area is 110 Å². The van der Waals surface area contributed by atoms with Crippen LogP contribution in [0.2, 0.25) is 0 Å². The van der Waals surface area contributed by atoms with E-state index in [1.165, 1.54) is 32.1 Å². The second kappa shape index (κ2) is 6.03. The van der Waals surface area contributed by atoms with Gasteiger partial charge in [-0.3, -0.25) is 0 Å². The van der Waals surface area contributed by atoms with Gasteiger partial charge in [0.15, 0.2) is 0 Å². The number of hydrogen-bond donors (Lipinski definition) is 1. The van der Waals surface area contributed by atoms with Crippen LogP contribution >= 0.6 is 0 Å². The Balaban J connectivity index is 2.09. The summed E-state index contributed by atoms with van der Waals surface area (Å²) in [6, 6.07) is 0.640. The first kappa shape index (κ1) is 13.1. The minimum Gasteiger partial charge on any atom is -0.382 e. The lowest BCUT2D eigenvalue weighted by Crippen LogP contribution is -2.35. The van der Waals surface area contributed by atoms with Gasteiger partial charge in [-0.2, -0.15) is 0 Å². The molecule has 0 unspecified atom stereocenters. The first-order valence-electron chi connectivity index (χ1n) is 7.01. The van der Waals surface area contributed by atoms with Gasteiger partial charge in [-0.05, 0) is 25.2 Å². The van der Waals surface area contributed by atoms with Crippen molar-refractivity contribution >= 4 is 11.6 Å². The highest BCUT2D eigenvalue weighted by Gasteiger charge is 2.23. The molecule has 0 radical (unpaired) electrons. The summed E-state index contributed by atoms with van der Waals surface area (Å²) in [5.74, 6) is 2.20. The molecule has 1 fully saturated rings. The second-order valence-electron chi connectivity index (χ2n) is 5.61. The molecule has 1 heterocycles. The summed E-state index contributed by atoms with van der Waals surface area (Å²) >= 11 is 0.